The van der Waals surface area contributed by atoms with E-state index < -0.39 is 10.0 Å². The zero-order valence-corrected chi connectivity index (χ0v) is 14.8. The number of methoxy groups -OCH3 is 1. The first-order valence-electron chi connectivity index (χ1n) is 7.55. The van der Waals surface area contributed by atoms with Crippen LogP contribution in [0.1, 0.15) is 25.2 Å². The Morgan fingerprint density at radius 3 is 2.32 bits per heavy atom. The van der Waals surface area contributed by atoms with Crippen LogP contribution in [0.3, 0.4) is 0 Å². The SMILES string of the molecule is COCCN1C(C)CN(S(=O)(=O)c2c(C)n[nH]c2C)CC1C. The fraction of sp³-hybridized carbons (Fsp3) is 0.786. The first-order chi connectivity index (χ1) is 10.3. The predicted molar refractivity (Wildman–Crippen MR) is 84.3 cm³/mol. The van der Waals surface area contributed by atoms with E-state index in [1.54, 1.807) is 25.3 Å². The molecule has 1 saturated heterocycles. The van der Waals surface area contributed by atoms with Gasteiger partial charge in [0.1, 0.15) is 4.90 Å². The number of rotatable bonds is 5. The summed E-state index contributed by atoms with van der Waals surface area (Å²) in [5.74, 6) is 0. The van der Waals surface area contributed by atoms with Gasteiger partial charge in [-0.3, -0.25) is 10.00 Å². The fourth-order valence-electron chi connectivity index (χ4n) is 3.19. The van der Waals surface area contributed by atoms with Crippen molar-refractivity contribution in [3.63, 3.8) is 0 Å². The van der Waals surface area contributed by atoms with Gasteiger partial charge in [-0.1, -0.05) is 0 Å². The molecule has 0 aliphatic carbocycles. The average Bonchev–Trinajstić information content (AvgIpc) is 2.77. The van der Waals surface area contributed by atoms with Gasteiger partial charge in [-0.2, -0.15) is 9.40 Å². The molecule has 0 saturated carbocycles. The van der Waals surface area contributed by atoms with Gasteiger partial charge in [-0.05, 0) is 27.7 Å². The number of aromatic amines is 1. The zero-order chi connectivity index (χ0) is 16.5. The molecular formula is C14H26N4O3S. The van der Waals surface area contributed by atoms with Crippen LogP contribution in [0.4, 0.5) is 0 Å². The second-order valence-electron chi connectivity index (χ2n) is 6.01. The molecule has 8 heteroatoms. The number of hydrogen-bond donors (Lipinski definition) is 1. The Balaban J connectivity index is 2.21. The van der Waals surface area contributed by atoms with Crippen LogP contribution in [0, 0.1) is 13.8 Å². The van der Waals surface area contributed by atoms with Crippen molar-refractivity contribution >= 4 is 10.0 Å². The highest BCUT2D eigenvalue weighted by Crippen LogP contribution is 2.26. The van der Waals surface area contributed by atoms with Gasteiger partial charge < -0.3 is 4.74 Å². The van der Waals surface area contributed by atoms with E-state index in [1.165, 1.54) is 0 Å². The molecule has 22 heavy (non-hydrogen) atoms. The molecule has 1 N–H and O–H groups in total. The summed E-state index contributed by atoms with van der Waals surface area (Å²) in [6.07, 6.45) is 0. The molecular weight excluding hydrogens is 304 g/mol. The predicted octanol–water partition coefficient (Wildman–Crippen LogP) is 0.756. The molecule has 2 rings (SSSR count). The van der Waals surface area contributed by atoms with Gasteiger partial charge in [0.25, 0.3) is 0 Å². The summed E-state index contributed by atoms with van der Waals surface area (Å²) in [5, 5.41) is 6.77. The van der Waals surface area contributed by atoms with Crippen LogP contribution in [-0.2, 0) is 14.8 Å². The van der Waals surface area contributed by atoms with Crippen LogP contribution in [0.5, 0.6) is 0 Å². The molecule has 2 atom stereocenters. The highest BCUT2D eigenvalue weighted by Gasteiger charge is 2.37. The second-order valence-corrected chi connectivity index (χ2v) is 7.89. The molecule has 1 aromatic heterocycles. The number of piperazine rings is 1. The molecule has 1 aliphatic heterocycles. The number of nitrogens with one attached hydrogen (secondary N) is 1. The Morgan fingerprint density at radius 2 is 1.86 bits per heavy atom. The van der Waals surface area contributed by atoms with Crippen LogP contribution in [0.15, 0.2) is 4.90 Å². The van der Waals surface area contributed by atoms with Crippen molar-refractivity contribution in [1.29, 1.82) is 0 Å². The smallest absolute Gasteiger partial charge is 0.246 e. The normalized spacial score (nSPS) is 24.8. The number of aromatic nitrogens is 2. The molecule has 2 heterocycles. The Bertz CT molecular complexity index is 582. The monoisotopic (exact) mass is 330 g/mol. The molecule has 1 aromatic rings. The van der Waals surface area contributed by atoms with E-state index in [2.05, 4.69) is 28.9 Å². The highest BCUT2D eigenvalue weighted by molar-refractivity contribution is 7.89. The number of hydrogen-bond acceptors (Lipinski definition) is 5. The van der Waals surface area contributed by atoms with Gasteiger partial charge in [-0.15, -0.1) is 0 Å². The summed E-state index contributed by atoms with van der Waals surface area (Å²) < 4.78 is 32.6. The maximum Gasteiger partial charge on any atom is 0.246 e. The molecule has 2 unspecified atom stereocenters. The van der Waals surface area contributed by atoms with Gasteiger partial charge in [0.2, 0.25) is 10.0 Å². The van der Waals surface area contributed by atoms with Crippen molar-refractivity contribution in [3.05, 3.63) is 11.4 Å². The van der Waals surface area contributed by atoms with Crippen LogP contribution >= 0.6 is 0 Å². The molecule has 1 fully saturated rings. The van der Waals surface area contributed by atoms with E-state index in [-0.39, 0.29) is 12.1 Å². The third-order valence-electron chi connectivity index (χ3n) is 4.28. The maximum atomic E-state index is 12.9. The van der Waals surface area contributed by atoms with Crippen molar-refractivity contribution in [2.45, 2.75) is 44.7 Å². The van der Waals surface area contributed by atoms with Gasteiger partial charge in [0, 0.05) is 38.8 Å². The zero-order valence-electron chi connectivity index (χ0n) is 14.0. The van der Waals surface area contributed by atoms with E-state index in [1.807, 2.05) is 0 Å². The minimum atomic E-state index is -3.51. The molecule has 1 aliphatic rings. The van der Waals surface area contributed by atoms with E-state index in [9.17, 15) is 8.42 Å². The molecule has 126 valence electrons. The second kappa shape index (κ2) is 6.66. The largest absolute Gasteiger partial charge is 0.383 e. The topological polar surface area (TPSA) is 78.5 Å². The van der Waals surface area contributed by atoms with Gasteiger partial charge in [-0.25, -0.2) is 8.42 Å². The minimum Gasteiger partial charge on any atom is -0.383 e. The molecule has 0 aromatic carbocycles. The van der Waals surface area contributed by atoms with Crippen molar-refractivity contribution in [3.8, 4) is 0 Å². The lowest BCUT2D eigenvalue weighted by Gasteiger charge is -2.43. The molecule has 0 amide bonds. The number of nitrogens with zero attached hydrogens (tertiary/aromatic N) is 3. The van der Waals surface area contributed by atoms with E-state index >= 15 is 0 Å². The van der Waals surface area contributed by atoms with Gasteiger partial charge >= 0.3 is 0 Å². The lowest BCUT2D eigenvalue weighted by atomic mass is 10.1. The van der Waals surface area contributed by atoms with E-state index in [0.717, 1.165) is 6.54 Å². The average molecular weight is 330 g/mol. The van der Waals surface area contributed by atoms with Crippen molar-refractivity contribution in [2.24, 2.45) is 0 Å². The van der Waals surface area contributed by atoms with E-state index in [0.29, 0.717) is 36.0 Å². The van der Waals surface area contributed by atoms with Gasteiger partial charge in [0.05, 0.1) is 18.0 Å². The quantitative estimate of drug-likeness (QED) is 0.862. The standard InChI is InChI=1S/C14H26N4O3S/c1-10-8-17(9-11(2)18(10)6-7-21-5)22(19,20)14-12(3)15-16-13(14)4/h10-11H,6-9H2,1-5H3,(H,15,16). The Morgan fingerprint density at radius 1 is 1.27 bits per heavy atom. The van der Waals surface area contributed by atoms with Crippen LogP contribution in [0.25, 0.3) is 0 Å². The van der Waals surface area contributed by atoms with Crippen molar-refractivity contribution < 1.29 is 13.2 Å². The van der Waals surface area contributed by atoms with Crippen molar-refractivity contribution in [1.82, 2.24) is 19.4 Å². The lowest BCUT2D eigenvalue weighted by Crippen LogP contribution is -2.58. The molecule has 7 nitrogen and oxygen atoms in total. The molecule has 0 bridgehead atoms. The first kappa shape index (κ1) is 17.4. The summed E-state index contributed by atoms with van der Waals surface area (Å²) in [7, 11) is -1.83. The number of H-pyrrole nitrogens is 1. The van der Waals surface area contributed by atoms with Gasteiger partial charge in [0.15, 0.2) is 0 Å². The summed E-state index contributed by atoms with van der Waals surface area (Å²) in [6, 6.07) is 0.308. The first-order valence-corrected chi connectivity index (χ1v) is 8.99. The Labute approximate surface area is 132 Å². The highest BCUT2D eigenvalue weighted by atomic mass is 32.2. The maximum absolute atomic E-state index is 12.9. The summed E-state index contributed by atoms with van der Waals surface area (Å²) in [6.45, 7) is 10.0. The third-order valence-corrected chi connectivity index (χ3v) is 6.38. The number of aryl methyl sites for hydroxylation is 2. The van der Waals surface area contributed by atoms with E-state index in [4.69, 9.17) is 4.74 Å². The van der Waals surface area contributed by atoms with Crippen molar-refractivity contribution in [2.75, 3.05) is 33.4 Å². The molecule has 0 spiro atoms. The molecule has 0 radical (unpaired) electrons. The third kappa shape index (κ3) is 3.19. The lowest BCUT2D eigenvalue weighted by molar-refractivity contribution is 0.0495. The summed E-state index contributed by atoms with van der Waals surface area (Å²) in [4.78, 5) is 2.61. The summed E-state index contributed by atoms with van der Waals surface area (Å²) in [5.41, 5.74) is 1.12. The Kier molecular flexibility index (Phi) is 5.26. The van der Waals surface area contributed by atoms with Crippen LogP contribution in [-0.4, -0.2) is 73.3 Å². The summed E-state index contributed by atoms with van der Waals surface area (Å²) >= 11 is 0. The minimum absolute atomic E-state index is 0.154. The fourth-order valence-corrected chi connectivity index (χ4v) is 5.13. The van der Waals surface area contributed by atoms with Crippen LogP contribution in [0.2, 0.25) is 0 Å². The van der Waals surface area contributed by atoms with Crippen LogP contribution < -0.4 is 0 Å². The number of sulfonamides is 1. The number of ether oxygens (including phenoxy) is 1. The Hall–Kier alpha value is -0.960.